The molecule has 0 amide bonds. The maximum absolute atomic E-state index is 11.7. The van der Waals surface area contributed by atoms with Gasteiger partial charge in [-0.1, -0.05) is 38.5 Å². The van der Waals surface area contributed by atoms with E-state index in [4.69, 9.17) is 0 Å². The molecule has 0 bridgehead atoms. The van der Waals surface area contributed by atoms with E-state index in [0.717, 1.165) is 25.8 Å². The van der Waals surface area contributed by atoms with Crippen LogP contribution in [0.5, 0.6) is 0 Å². The molecule has 1 aliphatic rings. The fourth-order valence-electron chi connectivity index (χ4n) is 3.28. The Morgan fingerprint density at radius 1 is 1.45 bits per heavy atom. The number of aliphatic carboxylic acids is 1. The third-order valence-electron chi connectivity index (χ3n) is 4.29. The molecule has 1 heterocycles. The van der Waals surface area contributed by atoms with Gasteiger partial charge in [-0.2, -0.15) is 0 Å². The lowest BCUT2D eigenvalue weighted by atomic mass is 9.83. The van der Waals surface area contributed by atoms with Crippen LogP contribution in [0, 0.1) is 11.3 Å². The zero-order valence-corrected chi connectivity index (χ0v) is 12.7. The number of carbonyl (C=O) groups is 1. The molecular weight excluding hydrogens is 250 g/mol. The Kier molecular flexibility index (Phi) is 4.36. The van der Waals surface area contributed by atoms with Crippen molar-refractivity contribution in [2.45, 2.75) is 40.0 Å². The Bertz CT molecular complexity index is 486. The molecule has 0 saturated heterocycles. The normalized spacial score (nSPS) is 21.1. The summed E-state index contributed by atoms with van der Waals surface area (Å²) in [5, 5.41) is 9.58. The lowest BCUT2D eigenvalue weighted by Crippen LogP contribution is -2.45. The Labute approximate surface area is 121 Å². The number of hydrogen-bond acceptors (Lipinski definition) is 2. The summed E-state index contributed by atoms with van der Waals surface area (Å²) in [6, 6.07) is 8.39. The van der Waals surface area contributed by atoms with Crippen LogP contribution in [-0.4, -0.2) is 24.2 Å². The number of para-hydroxylation sites is 1. The van der Waals surface area contributed by atoms with Crippen molar-refractivity contribution in [3.05, 3.63) is 29.8 Å². The highest BCUT2D eigenvalue weighted by atomic mass is 16.4. The predicted molar refractivity (Wildman–Crippen MR) is 82.2 cm³/mol. The molecule has 1 N–H and O–H groups in total. The van der Waals surface area contributed by atoms with Crippen molar-refractivity contribution >= 4 is 11.7 Å². The molecular formula is C17H25NO2. The molecule has 1 aromatic rings. The van der Waals surface area contributed by atoms with Crippen molar-refractivity contribution in [3.8, 4) is 0 Å². The predicted octanol–water partition coefficient (Wildman–Crippen LogP) is 3.58. The second-order valence-electron chi connectivity index (χ2n) is 6.43. The summed E-state index contributed by atoms with van der Waals surface area (Å²) in [5.74, 6) is -0.111. The zero-order valence-electron chi connectivity index (χ0n) is 12.7. The Morgan fingerprint density at radius 3 is 2.80 bits per heavy atom. The standard InChI is InChI=1S/C17H25NO2/c1-4-9-17(3,16(19)20)12-18-11-13(2)10-14-7-5-6-8-15(14)18/h5-8,13H,4,9-12H2,1-3H3,(H,19,20). The number of rotatable bonds is 5. The maximum Gasteiger partial charge on any atom is 0.311 e. The van der Waals surface area contributed by atoms with E-state index < -0.39 is 11.4 Å². The van der Waals surface area contributed by atoms with Crippen LogP contribution in [0.4, 0.5) is 5.69 Å². The molecule has 3 heteroatoms. The SMILES string of the molecule is CCCC(C)(CN1CC(C)Cc2ccccc21)C(=O)O. The quantitative estimate of drug-likeness (QED) is 0.893. The van der Waals surface area contributed by atoms with Crippen LogP contribution in [0.25, 0.3) is 0 Å². The number of anilines is 1. The van der Waals surface area contributed by atoms with Crippen LogP contribution in [0.1, 0.15) is 39.2 Å². The van der Waals surface area contributed by atoms with Gasteiger partial charge in [0.05, 0.1) is 5.41 Å². The number of benzene rings is 1. The lowest BCUT2D eigenvalue weighted by molar-refractivity contribution is -0.147. The van der Waals surface area contributed by atoms with E-state index in [1.807, 2.05) is 19.9 Å². The number of carboxylic acids is 1. The highest BCUT2D eigenvalue weighted by Gasteiger charge is 2.36. The maximum atomic E-state index is 11.7. The minimum Gasteiger partial charge on any atom is -0.481 e. The van der Waals surface area contributed by atoms with Gasteiger partial charge in [-0.3, -0.25) is 4.79 Å². The lowest BCUT2D eigenvalue weighted by Gasteiger charge is -2.39. The van der Waals surface area contributed by atoms with Gasteiger partial charge in [0.15, 0.2) is 0 Å². The summed E-state index contributed by atoms with van der Waals surface area (Å²) in [4.78, 5) is 13.9. The van der Waals surface area contributed by atoms with Gasteiger partial charge in [0.2, 0.25) is 0 Å². The van der Waals surface area contributed by atoms with Crippen molar-refractivity contribution in [1.82, 2.24) is 0 Å². The molecule has 2 atom stereocenters. The van der Waals surface area contributed by atoms with Crippen molar-refractivity contribution in [3.63, 3.8) is 0 Å². The van der Waals surface area contributed by atoms with Crippen LogP contribution >= 0.6 is 0 Å². The van der Waals surface area contributed by atoms with Crippen LogP contribution in [0.3, 0.4) is 0 Å². The smallest absolute Gasteiger partial charge is 0.311 e. The van der Waals surface area contributed by atoms with E-state index in [1.54, 1.807) is 0 Å². The molecule has 1 aromatic carbocycles. The largest absolute Gasteiger partial charge is 0.481 e. The number of nitrogens with zero attached hydrogens (tertiary/aromatic N) is 1. The monoisotopic (exact) mass is 275 g/mol. The van der Waals surface area contributed by atoms with Crippen molar-refractivity contribution in [1.29, 1.82) is 0 Å². The molecule has 110 valence electrons. The summed E-state index contributed by atoms with van der Waals surface area (Å²) >= 11 is 0. The van der Waals surface area contributed by atoms with Crippen molar-refractivity contribution in [2.24, 2.45) is 11.3 Å². The first kappa shape index (κ1) is 14.9. The molecule has 20 heavy (non-hydrogen) atoms. The highest BCUT2D eigenvalue weighted by Crippen LogP contribution is 2.34. The minimum absolute atomic E-state index is 0.574. The Hall–Kier alpha value is -1.51. The summed E-state index contributed by atoms with van der Waals surface area (Å²) in [6.45, 7) is 7.71. The molecule has 0 spiro atoms. The topological polar surface area (TPSA) is 40.5 Å². The molecule has 0 aromatic heterocycles. The van der Waals surface area contributed by atoms with Crippen molar-refractivity contribution in [2.75, 3.05) is 18.0 Å². The summed E-state index contributed by atoms with van der Waals surface area (Å²) < 4.78 is 0. The van der Waals surface area contributed by atoms with Crippen molar-refractivity contribution < 1.29 is 9.90 Å². The molecule has 3 nitrogen and oxygen atoms in total. The molecule has 2 unspecified atom stereocenters. The summed E-state index contributed by atoms with van der Waals surface area (Å²) in [5.41, 5.74) is 1.89. The molecule has 1 aliphatic heterocycles. The molecule has 0 saturated carbocycles. The first-order valence-electron chi connectivity index (χ1n) is 7.52. The number of fused-ring (bicyclic) bond motifs is 1. The molecule has 0 aliphatic carbocycles. The van der Waals surface area contributed by atoms with Crippen LogP contribution in [-0.2, 0) is 11.2 Å². The van der Waals surface area contributed by atoms with Gasteiger partial charge in [0, 0.05) is 18.8 Å². The Balaban J connectivity index is 2.26. The summed E-state index contributed by atoms with van der Waals surface area (Å²) in [7, 11) is 0. The van der Waals surface area contributed by atoms with Gasteiger partial charge in [0.25, 0.3) is 0 Å². The highest BCUT2D eigenvalue weighted by molar-refractivity contribution is 5.75. The fraction of sp³-hybridized carbons (Fsp3) is 0.588. The first-order valence-corrected chi connectivity index (χ1v) is 7.52. The zero-order chi connectivity index (χ0) is 14.8. The number of hydrogen-bond donors (Lipinski definition) is 1. The van der Waals surface area contributed by atoms with E-state index >= 15 is 0 Å². The van der Waals surface area contributed by atoms with Gasteiger partial charge in [-0.05, 0) is 37.3 Å². The van der Waals surface area contributed by atoms with Gasteiger partial charge in [-0.25, -0.2) is 0 Å². The van der Waals surface area contributed by atoms with Crippen LogP contribution in [0.2, 0.25) is 0 Å². The van der Waals surface area contributed by atoms with E-state index in [9.17, 15) is 9.90 Å². The molecule has 0 radical (unpaired) electrons. The first-order chi connectivity index (χ1) is 9.46. The molecule has 0 fully saturated rings. The van der Waals surface area contributed by atoms with Crippen LogP contribution < -0.4 is 4.90 Å². The van der Waals surface area contributed by atoms with Gasteiger partial charge >= 0.3 is 5.97 Å². The van der Waals surface area contributed by atoms with E-state index in [2.05, 4.69) is 30.0 Å². The van der Waals surface area contributed by atoms with Gasteiger partial charge in [-0.15, -0.1) is 0 Å². The average Bonchev–Trinajstić information content (AvgIpc) is 2.38. The minimum atomic E-state index is -0.685. The molecule has 2 rings (SSSR count). The fourth-order valence-corrected chi connectivity index (χ4v) is 3.28. The Morgan fingerprint density at radius 2 is 2.15 bits per heavy atom. The van der Waals surface area contributed by atoms with E-state index in [-0.39, 0.29) is 0 Å². The van der Waals surface area contributed by atoms with Crippen LogP contribution in [0.15, 0.2) is 24.3 Å². The summed E-state index contributed by atoms with van der Waals surface area (Å²) in [6.07, 6.45) is 2.70. The third kappa shape index (κ3) is 2.97. The van der Waals surface area contributed by atoms with Gasteiger partial charge < -0.3 is 10.0 Å². The third-order valence-corrected chi connectivity index (χ3v) is 4.29. The second-order valence-corrected chi connectivity index (χ2v) is 6.43. The average molecular weight is 275 g/mol. The van der Waals surface area contributed by atoms with E-state index in [0.29, 0.717) is 12.5 Å². The van der Waals surface area contributed by atoms with Gasteiger partial charge in [0.1, 0.15) is 0 Å². The van der Waals surface area contributed by atoms with E-state index in [1.165, 1.54) is 11.3 Å². The second kappa shape index (κ2) is 5.86. The number of carboxylic acid groups (broad SMARTS) is 1.